The molecule has 0 saturated carbocycles. The Hall–Kier alpha value is -3.17. The lowest BCUT2D eigenvalue weighted by Gasteiger charge is -2.34. The summed E-state index contributed by atoms with van der Waals surface area (Å²) in [6.07, 6.45) is 0. The van der Waals surface area contributed by atoms with Crippen molar-refractivity contribution in [3.63, 3.8) is 0 Å². The van der Waals surface area contributed by atoms with Crippen molar-refractivity contribution in [1.29, 1.82) is 0 Å². The summed E-state index contributed by atoms with van der Waals surface area (Å²) in [6.45, 7) is 2.05. The van der Waals surface area contributed by atoms with Gasteiger partial charge in [-0.3, -0.25) is 24.6 Å². The first kappa shape index (κ1) is 21.5. The van der Waals surface area contributed by atoms with E-state index in [1.165, 1.54) is 18.2 Å². The Morgan fingerprint density at radius 3 is 2.53 bits per heavy atom. The van der Waals surface area contributed by atoms with Gasteiger partial charge < -0.3 is 15.0 Å². The van der Waals surface area contributed by atoms with Crippen molar-refractivity contribution < 1.29 is 19.2 Å². The van der Waals surface area contributed by atoms with Gasteiger partial charge in [0.05, 0.1) is 28.2 Å². The van der Waals surface area contributed by atoms with Crippen molar-refractivity contribution in [3.8, 4) is 5.75 Å². The van der Waals surface area contributed by atoms with E-state index >= 15 is 0 Å². The normalized spacial score (nSPS) is 14.2. The van der Waals surface area contributed by atoms with Crippen LogP contribution in [0.25, 0.3) is 0 Å². The molecule has 0 radical (unpaired) electrons. The molecule has 1 saturated heterocycles. The number of para-hydroxylation sites is 1. The standard InChI is InChI=1S/C20H21ClN4O5/c21-17-6-1-2-7-18(17)22-19(26)13-23-8-10-24(11-9-23)20(27)14-30-16-5-3-4-15(12-16)25(28)29/h1-7,12H,8-11,13-14H2,(H,22,26). The van der Waals surface area contributed by atoms with Crippen LogP contribution in [-0.4, -0.2) is 65.9 Å². The second-order valence-electron chi connectivity index (χ2n) is 6.73. The molecule has 2 aromatic rings. The highest BCUT2D eigenvalue weighted by molar-refractivity contribution is 6.33. The highest BCUT2D eigenvalue weighted by Crippen LogP contribution is 2.21. The van der Waals surface area contributed by atoms with Crippen molar-refractivity contribution in [2.24, 2.45) is 0 Å². The van der Waals surface area contributed by atoms with E-state index < -0.39 is 4.92 Å². The minimum atomic E-state index is -0.518. The van der Waals surface area contributed by atoms with E-state index in [-0.39, 0.29) is 36.4 Å². The average molecular weight is 433 g/mol. The molecule has 30 heavy (non-hydrogen) atoms. The van der Waals surface area contributed by atoms with Gasteiger partial charge in [0.1, 0.15) is 5.75 Å². The van der Waals surface area contributed by atoms with Gasteiger partial charge in [-0.15, -0.1) is 0 Å². The molecule has 9 nitrogen and oxygen atoms in total. The molecule has 2 amide bonds. The number of nitrogens with one attached hydrogen (secondary N) is 1. The molecule has 0 spiro atoms. The summed E-state index contributed by atoms with van der Waals surface area (Å²) in [5.74, 6) is -0.106. The number of hydrogen-bond acceptors (Lipinski definition) is 6. The van der Waals surface area contributed by atoms with E-state index in [4.69, 9.17) is 16.3 Å². The number of piperazine rings is 1. The van der Waals surface area contributed by atoms with Crippen LogP contribution in [-0.2, 0) is 9.59 Å². The number of ether oxygens (including phenoxy) is 1. The fraction of sp³-hybridized carbons (Fsp3) is 0.300. The topological polar surface area (TPSA) is 105 Å². The number of amides is 2. The number of nitrogens with zero attached hydrogens (tertiary/aromatic N) is 3. The number of nitro benzene ring substituents is 1. The van der Waals surface area contributed by atoms with Crippen molar-refractivity contribution in [2.45, 2.75) is 0 Å². The lowest BCUT2D eigenvalue weighted by molar-refractivity contribution is -0.384. The first-order valence-corrected chi connectivity index (χ1v) is 9.72. The van der Waals surface area contributed by atoms with Gasteiger partial charge in [0, 0.05) is 32.2 Å². The Bertz CT molecular complexity index is 931. The van der Waals surface area contributed by atoms with Crippen LogP contribution in [0.5, 0.6) is 5.75 Å². The van der Waals surface area contributed by atoms with Gasteiger partial charge in [0.15, 0.2) is 6.61 Å². The Morgan fingerprint density at radius 1 is 1.10 bits per heavy atom. The van der Waals surface area contributed by atoms with Crippen LogP contribution in [0.1, 0.15) is 0 Å². The number of benzene rings is 2. The van der Waals surface area contributed by atoms with Crippen molar-refractivity contribution >= 4 is 34.8 Å². The SMILES string of the molecule is O=C(CN1CCN(C(=O)COc2cccc([N+](=O)[O-])c2)CC1)Nc1ccccc1Cl. The Kier molecular flexibility index (Phi) is 7.21. The summed E-state index contributed by atoms with van der Waals surface area (Å²) in [5, 5.41) is 14.1. The average Bonchev–Trinajstić information content (AvgIpc) is 2.74. The molecule has 2 aromatic carbocycles. The smallest absolute Gasteiger partial charge is 0.273 e. The summed E-state index contributed by atoms with van der Waals surface area (Å²) in [6, 6.07) is 12.7. The van der Waals surface area contributed by atoms with Crippen molar-refractivity contribution in [2.75, 3.05) is 44.6 Å². The molecule has 0 bridgehead atoms. The Balaban J connectivity index is 1.42. The lowest BCUT2D eigenvalue weighted by atomic mass is 10.3. The van der Waals surface area contributed by atoms with Gasteiger partial charge in [-0.2, -0.15) is 0 Å². The summed E-state index contributed by atoms with van der Waals surface area (Å²) in [7, 11) is 0. The van der Waals surface area contributed by atoms with Gasteiger partial charge >= 0.3 is 0 Å². The zero-order chi connectivity index (χ0) is 21.5. The minimum absolute atomic E-state index is 0.0939. The number of nitro groups is 1. The summed E-state index contributed by atoms with van der Waals surface area (Å²) >= 11 is 6.05. The molecule has 10 heteroatoms. The van der Waals surface area contributed by atoms with Crippen LogP contribution < -0.4 is 10.1 Å². The van der Waals surface area contributed by atoms with Crippen LogP contribution in [0.4, 0.5) is 11.4 Å². The molecule has 3 rings (SSSR count). The molecular weight excluding hydrogens is 412 g/mol. The van der Waals surface area contributed by atoms with Gasteiger partial charge in [-0.1, -0.05) is 29.8 Å². The minimum Gasteiger partial charge on any atom is -0.484 e. The predicted molar refractivity (Wildman–Crippen MR) is 112 cm³/mol. The number of hydrogen-bond donors (Lipinski definition) is 1. The van der Waals surface area contributed by atoms with E-state index in [0.29, 0.717) is 36.9 Å². The number of carbonyl (C=O) groups excluding carboxylic acids is 2. The molecular formula is C20H21ClN4O5. The molecule has 1 aliphatic heterocycles. The highest BCUT2D eigenvalue weighted by Gasteiger charge is 2.23. The Labute approximate surface area is 178 Å². The third kappa shape index (κ3) is 5.91. The maximum absolute atomic E-state index is 12.4. The largest absolute Gasteiger partial charge is 0.484 e. The summed E-state index contributed by atoms with van der Waals surface area (Å²) in [4.78, 5) is 38.5. The van der Waals surface area contributed by atoms with Crippen LogP contribution in [0.3, 0.4) is 0 Å². The van der Waals surface area contributed by atoms with Gasteiger partial charge in [0.2, 0.25) is 5.91 Å². The monoisotopic (exact) mass is 432 g/mol. The zero-order valence-corrected chi connectivity index (χ0v) is 16.9. The first-order chi connectivity index (χ1) is 14.4. The van der Waals surface area contributed by atoms with E-state index in [2.05, 4.69) is 5.32 Å². The first-order valence-electron chi connectivity index (χ1n) is 9.34. The third-order valence-corrected chi connectivity index (χ3v) is 4.96. The maximum atomic E-state index is 12.4. The van der Waals surface area contributed by atoms with E-state index in [1.54, 1.807) is 35.2 Å². The van der Waals surface area contributed by atoms with Gasteiger partial charge in [-0.05, 0) is 18.2 Å². The highest BCUT2D eigenvalue weighted by atomic mass is 35.5. The number of halogens is 1. The molecule has 1 aliphatic rings. The molecule has 0 aliphatic carbocycles. The Morgan fingerprint density at radius 2 is 1.83 bits per heavy atom. The number of carbonyl (C=O) groups is 2. The quantitative estimate of drug-likeness (QED) is 0.532. The fourth-order valence-corrected chi connectivity index (χ4v) is 3.22. The summed E-state index contributed by atoms with van der Waals surface area (Å²) < 4.78 is 5.39. The molecule has 1 N–H and O–H groups in total. The molecule has 1 heterocycles. The second-order valence-corrected chi connectivity index (χ2v) is 7.14. The van der Waals surface area contributed by atoms with E-state index in [0.717, 1.165) is 0 Å². The lowest BCUT2D eigenvalue weighted by Crippen LogP contribution is -2.51. The van der Waals surface area contributed by atoms with Crippen LogP contribution >= 0.6 is 11.6 Å². The maximum Gasteiger partial charge on any atom is 0.273 e. The predicted octanol–water partition coefficient (Wildman–Crippen LogP) is 2.41. The van der Waals surface area contributed by atoms with E-state index in [1.807, 2.05) is 4.90 Å². The third-order valence-electron chi connectivity index (χ3n) is 4.63. The van der Waals surface area contributed by atoms with Crippen LogP contribution in [0.15, 0.2) is 48.5 Å². The molecule has 1 fully saturated rings. The second kappa shape index (κ2) is 10.0. The molecule has 0 unspecified atom stereocenters. The van der Waals surface area contributed by atoms with E-state index in [9.17, 15) is 19.7 Å². The number of rotatable bonds is 7. The molecule has 0 aromatic heterocycles. The zero-order valence-electron chi connectivity index (χ0n) is 16.1. The number of anilines is 1. The fourth-order valence-electron chi connectivity index (χ4n) is 3.03. The number of non-ortho nitro benzene ring substituents is 1. The van der Waals surface area contributed by atoms with Gasteiger partial charge in [-0.25, -0.2) is 0 Å². The van der Waals surface area contributed by atoms with Gasteiger partial charge in [0.25, 0.3) is 11.6 Å². The van der Waals surface area contributed by atoms with Crippen molar-refractivity contribution in [1.82, 2.24) is 9.80 Å². The van der Waals surface area contributed by atoms with Crippen LogP contribution in [0.2, 0.25) is 5.02 Å². The summed E-state index contributed by atoms with van der Waals surface area (Å²) in [5.41, 5.74) is 0.472. The van der Waals surface area contributed by atoms with Crippen molar-refractivity contribution in [3.05, 3.63) is 63.7 Å². The molecule has 0 atom stereocenters. The van der Waals surface area contributed by atoms with Crippen LogP contribution in [0, 0.1) is 10.1 Å². The molecule has 158 valence electrons.